The van der Waals surface area contributed by atoms with Crippen molar-refractivity contribution >= 4 is 5.91 Å². The number of aromatic nitrogens is 2. The second-order valence-corrected chi connectivity index (χ2v) is 9.09. The Morgan fingerprint density at radius 3 is 2.06 bits per heavy atom. The molecule has 1 aliphatic rings. The lowest BCUT2D eigenvalue weighted by atomic mass is 9.98. The summed E-state index contributed by atoms with van der Waals surface area (Å²) in [4.78, 5) is 18.9. The summed E-state index contributed by atoms with van der Waals surface area (Å²) in [6.07, 6.45) is 0. The van der Waals surface area contributed by atoms with Crippen molar-refractivity contribution in [2.45, 2.75) is 52.6 Å². The minimum Gasteiger partial charge on any atom is -0.327 e. The molecule has 2 heterocycles. The zero-order valence-corrected chi connectivity index (χ0v) is 19.9. The predicted octanol–water partition coefficient (Wildman–Crippen LogP) is 4.98. The molecule has 0 unspecified atom stereocenters. The molecule has 0 atom stereocenters. The topological polar surface area (TPSA) is 64.2 Å². The highest BCUT2D eigenvalue weighted by molar-refractivity contribution is 5.79. The molecule has 3 aromatic rings. The van der Waals surface area contributed by atoms with E-state index in [0.29, 0.717) is 13.1 Å². The first kappa shape index (κ1) is 24.6. The number of fused-ring (bicyclic) bond motifs is 1. The highest BCUT2D eigenvalue weighted by atomic mass is 19.1. The van der Waals surface area contributed by atoms with Crippen molar-refractivity contribution in [3.8, 4) is 11.3 Å². The van der Waals surface area contributed by atoms with Gasteiger partial charge in [0.25, 0.3) is 0 Å². The van der Waals surface area contributed by atoms with Crippen LogP contribution in [0.4, 0.5) is 8.78 Å². The number of nitrogens with two attached hydrogens (primary N) is 1. The standard InChI is InChI=1S/C19H25FN4O.C7H7F/c1-12(2)17-16(13-5-7-14(20)8-6-13)22-18-19(3,4)24(15(25)11-21)10-9-23(17)18;1-6-2-4-7(8)5-3-6/h5-8,12H,9-11,21H2,1-4H3;2-5H,1H3. The fourth-order valence-electron chi connectivity index (χ4n) is 4.24. The molecule has 33 heavy (non-hydrogen) atoms. The number of aryl methyl sites for hydroxylation is 1. The van der Waals surface area contributed by atoms with Crippen molar-refractivity contribution in [2.24, 2.45) is 5.73 Å². The summed E-state index contributed by atoms with van der Waals surface area (Å²) in [6, 6.07) is 12.8. The Hall–Kier alpha value is -3.06. The quantitative estimate of drug-likeness (QED) is 0.607. The molecule has 0 fully saturated rings. The number of rotatable bonds is 3. The fraction of sp³-hybridized carbons (Fsp3) is 0.385. The van der Waals surface area contributed by atoms with Crippen LogP contribution in [0, 0.1) is 18.6 Å². The zero-order valence-electron chi connectivity index (χ0n) is 19.9. The third kappa shape index (κ3) is 5.14. The molecule has 2 N–H and O–H groups in total. The lowest BCUT2D eigenvalue weighted by Crippen LogP contribution is -2.53. The molecule has 4 rings (SSSR count). The number of nitrogens with zero attached hydrogens (tertiary/aromatic N) is 3. The van der Waals surface area contributed by atoms with E-state index in [9.17, 15) is 13.6 Å². The largest absolute Gasteiger partial charge is 0.327 e. The van der Waals surface area contributed by atoms with E-state index in [1.54, 1.807) is 29.2 Å². The van der Waals surface area contributed by atoms with Crippen molar-refractivity contribution < 1.29 is 13.6 Å². The van der Waals surface area contributed by atoms with Crippen LogP contribution in [0.25, 0.3) is 11.3 Å². The van der Waals surface area contributed by atoms with E-state index >= 15 is 0 Å². The maximum atomic E-state index is 13.3. The number of carbonyl (C=O) groups is 1. The number of hydrogen-bond donors (Lipinski definition) is 1. The van der Waals surface area contributed by atoms with Crippen molar-refractivity contribution in [3.05, 3.63) is 77.2 Å². The average Bonchev–Trinajstić information content (AvgIpc) is 3.18. The third-order valence-electron chi connectivity index (χ3n) is 5.93. The second kappa shape index (κ2) is 9.83. The fourth-order valence-corrected chi connectivity index (χ4v) is 4.24. The summed E-state index contributed by atoms with van der Waals surface area (Å²) in [5.41, 5.74) is 8.99. The minimum absolute atomic E-state index is 0.00794. The third-order valence-corrected chi connectivity index (χ3v) is 5.93. The SMILES string of the molecule is CC(C)c1c(-c2ccc(F)cc2)nc2n1CCN(C(=O)CN)C2(C)C.Cc1ccc(F)cc1. The Balaban J connectivity index is 0.000000323. The van der Waals surface area contributed by atoms with E-state index in [4.69, 9.17) is 10.7 Å². The summed E-state index contributed by atoms with van der Waals surface area (Å²) in [6.45, 7) is 11.5. The Morgan fingerprint density at radius 2 is 1.58 bits per heavy atom. The number of imidazole rings is 1. The molecule has 0 spiro atoms. The number of hydrogen-bond acceptors (Lipinski definition) is 3. The molecule has 1 amide bonds. The van der Waals surface area contributed by atoms with Gasteiger partial charge in [-0.1, -0.05) is 31.5 Å². The zero-order chi connectivity index (χ0) is 24.3. The molecule has 0 aliphatic carbocycles. The van der Waals surface area contributed by atoms with Crippen LogP contribution in [0.1, 0.15) is 50.7 Å². The lowest BCUT2D eigenvalue weighted by Gasteiger charge is -2.42. The predicted molar refractivity (Wildman–Crippen MR) is 127 cm³/mol. The molecular formula is C26H32F2N4O. The molecule has 0 saturated carbocycles. The maximum absolute atomic E-state index is 13.3. The van der Waals surface area contributed by atoms with Crippen LogP contribution < -0.4 is 5.73 Å². The Bertz CT molecular complexity index is 1080. The van der Waals surface area contributed by atoms with Crippen LogP contribution in [0.15, 0.2) is 48.5 Å². The molecule has 1 aliphatic heterocycles. The summed E-state index contributed by atoms with van der Waals surface area (Å²) in [5.74, 6) is 0.598. The Morgan fingerprint density at radius 1 is 1.03 bits per heavy atom. The van der Waals surface area contributed by atoms with E-state index in [-0.39, 0.29) is 30.0 Å². The highest BCUT2D eigenvalue weighted by Crippen LogP contribution is 2.38. The lowest BCUT2D eigenvalue weighted by molar-refractivity contribution is -0.137. The Labute approximate surface area is 194 Å². The van der Waals surface area contributed by atoms with Gasteiger partial charge in [-0.05, 0) is 63.1 Å². The highest BCUT2D eigenvalue weighted by Gasteiger charge is 2.41. The van der Waals surface area contributed by atoms with Gasteiger partial charge >= 0.3 is 0 Å². The minimum atomic E-state index is -0.545. The molecule has 7 heteroatoms. The molecule has 2 aromatic carbocycles. The van der Waals surface area contributed by atoms with E-state index in [2.05, 4.69) is 18.4 Å². The molecule has 176 valence electrons. The van der Waals surface area contributed by atoms with Crippen LogP contribution in [0.5, 0.6) is 0 Å². The normalized spacial score (nSPS) is 14.5. The van der Waals surface area contributed by atoms with Gasteiger partial charge in [-0.15, -0.1) is 0 Å². The van der Waals surface area contributed by atoms with E-state index in [1.165, 1.54) is 24.3 Å². The van der Waals surface area contributed by atoms with Gasteiger partial charge in [0.2, 0.25) is 5.91 Å². The number of halogens is 2. The first-order valence-electron chi connectivity index (χ1n) is 11.2. The smallest absolute Gasteiger partial charge is 0.237 e. The van der Waals surface area contributed by atoms with Crippen molar-refractivity contribution in [2.75, 3.05) is 13.1 Å². The van der Waals surface area contributed by atoms with Gasteiger partial charge in [0, 0.05) is 24.3 Å². The molecule has 0 radical (unpaired) electrons. The summed E-state index contributed by atoms with van der Waals surface area (Å²) < 4.78 is 27.6. The summed E-state index contributed by atoms with van der Waals surface area (Å²) in [5, 5.41) is 0. The monoisotopic (exact) mass is 454 g/mol. The first-order valence-corrected chi connectivity index (χ1v) is 11.2. The van der Waals surface area contributed by atoms with Crippen molar-refractivity contribution in [3.63, 3.8) is 0 Å². The van der Waals surface area contributed by atoms with Gasteiger partial charge in [0.05, 0.1) is 17.8 Å². The van der Waals surface area contributed by atoms with Crippen LogP contribution in [0.2, 0.25) is 0 Å². The van der Waals surface area contributed by atoms with Crippen molar-refractivity contribution in [1.29, 1.82) is 0 Å². The van der Waals surface area contributed by atoms with Crippen LogP contribution in [-0.2, 0) is 16.9 Å². The first-order chi connectivity index (χ1) is 15.6. The van der Waals surface area contributed by atoms with E-state index in [1.807, 2.05) is 20.8 Å². The van der Waals surface area contributed by atoms with E-state index in [0.717, 1.165) is 28.3 Å². The van der Waals surface area contributed by atoms with Gasteiger partial charge in [-0.3, -0.25) is 4.79 Å². The summed E-state index contributed by atoms with van der Waals surface area (Å²) >= 11 is 0. The number of amides is 1. The second-order valence-electron chi connectivity index (χ2n) is 9.09. The molecular weight excluding hydrogens is 422 g/mol. The van der Waals surface area contributed by atoms with Gasteiger partial charge in [-0.2, -0.15) is 0 Å². The van der Waals surface area contributed by atoms with Gasteiger partial charge in [0.15, 0.2) is 0 Å². The molecule has 0 bridgehead atoms. The van der Waals surface area contributed by atoms with Crippen molar-refractivity contribution in [1.82, 2.24) is 14.5 Å². The molecule has 0 saturated heterocycles. The van der Waals surface area contributed by atoms with Crippen LogP contribution in [0.3, 0.4) is 0 Å². The maximum Gasteiger partial charge on any atom is 0.237 e. The van der Waals surface area contributed by atoms with Gasteiger partial charge in [0.1, 0.15) is 17.5 Å². The summed E-state index contributed by atoms with van der Waals surface area (Å²) in [7, 11) is 0. The number of benzene rings is 2. The number of carbonyl (C=O) groups excluding carboxylic acids is 1. The van der Waals surface area contributed by atoms with Crippen LogP contribution in [-0.4, -0.2) is 33.4 Å². The van der Waals surface area contributed by atoms with E-state index < -0.39 is 5.54 Å². The average molecular weight is 455 g/mol. The van der Waals surface area contributed by atoms with Gasteiger partial charge in [-0.25, -0.2) is 13.8 Å². The van der Waals surface area contributed by atoms with Gasteiger partial charge < -0.3 is 15.2 Å². The molecule has 5 nitrogen and oxygen atoms in total. The van der Waals surface area contributed by atoms with Crippen LogP contribution >= 0.6 is 0 Å². The molecule has 1 aromatic heterocycles. The Kier molecular flexibility index (Phi) is 7.32.